The lowest BCUT2D eigenvalue weighted by molar-refractivity contribution is -0.133. The minimum absolute atomic E-state index is 0.0274. The van der Waals surface area contributed by atoms with Crippen molar-refractivity contribution in [3.63, 3.8) is 0 Å². The minimum atomic E-state index is -0.0602. The second-order valence-corrected chi connectivity index (χ2v) is 3.03. The summed E-state index contributed by atoms with van der Waals surface area (Å²) in [5, 5.41) is 3.09. The number of rotatable bonds is 3. The lowest BCUT2D eigenvalue weighted by Crippen LogP contribution is -2.42. The standard InChI is InChI=1S/C8H14N2O2/c1-10(5-6-11)8(12)7-3-2-4-9-7/h6-7,9H,2-5H2,1H3/t7-/m0/s1. The molecule has 1 rings (SSSR count). The van der Waals surface area contributed by atoms with E-state index >= 15 is 0 Å². The Kier molecular flexibility index (Phi) is 3.22. The number of hydrogen-bond donors (Lipinski definition) is 1. The Labute approximate surface area is 71.9 Å². The molecule has 4 heteroatoms. The number of nitrogens with one attached hydrogen (secondary N) is 1. The third kappa shape index (κ3) is 2.04. The van der Waals surface area contributed by atoms with Gasteiger partial charge in [0.1, 0.15) is 6.29 Å². The quantitative estimate of drug-likeness (QED) is 0.575. The summed E-state index contributed by atoms with van der Waals surface area (Å²) in [6.45, 7) is 1.10. The number of likely N-dealkylation sites (N-methyl/N-ethyl adjacent to an activating group) is 1. The zero-order valence-electron chi connectivity index (χ0n) is 7.25. The second kappa shape index (κ2) is 4.21. The molecule has 1 saturated heterocycles. The van der Waals surface area contributed by atoms with Crippen molar-refractivity contribution in [3.8, 4) is 0 Å². The monoisotopic (exact) mass is 170 g/mol. The number of amides is 1. The van der Waals surface area contributed by atoms with Crippen LogP contribution in [0.25, 0.3) is 0 Å². The van der Waals surface area contributed by atoms with Gasteiger partial charge in [0.2, 0.25) is 5.91 Å². The van der Waals surface area contributed by atoms with Crippen LogP contribution in [0.5, 0.6) is 0 Å². The Balaban J connectivity index is 2.39. The summed E-state index contributed by atoms with van der Waals surface area (Å²) in [7, 11) is 1.65. The Morgan fingerprint density at radius 1 is 1.75 bits per heavy atom. The van der Waals surface area contributed by atoms with Gasteiger partial charge in [-0.2, -0.15) is 0 Å². The largest absolute Gasteiger partial charge is 0.337 e. The first-order chi connectivity index (χ1) is 5.75. The second-order valence-electron chi connectivity index (χ2n) is 3.03. The topological polar surface area (TPSA) is 49.4 Å². The van der Waals surface area contributed by atoms with Crippen LogP contribution in [0.15, 0.2) is 0 Å². The normalized spacial score (nSPS) is 22.2. The molecule has 0 radical (unpaired) electrons. The molecule has 4 nitrogen and oxygen atoms in total. The molecule has 1 aliphatic heterocycles. The van der Waals surface area contributed by atoms with Gasteiger partial charge in [0.05, 0.1) is 12.6 Å². The Morgan fingerprint density at radius 3 is 3.00 bits per heavy atom. The van der Waals surface area contributed by atoms with Crippen LogP contribution >= 0.6 is 0 Å². The average molecular weight is 170 g/mol. The third-order valence-corrected chi connectivity index (χ3v) is 2.08. The summed E-state index contributed by atoms with van der Waals surface area (Å²) in [5.41, 5.74) is 0. The fourth-order valence-electron chi connectivity index (χ4n) is 1.36. The Morgan fingerprint density at radius 2 is 2.50 bits per heavy atom. The molecule has 0 unspecified atom stereocenters. The van der Waals surface area contributed by atoms with Crippen LogP contribution in [0.3, 0.4) is 0 Å². The average Bonchev–Trinajstić information content (AvgIpc) is 2.55. The van der Waals surface area contributed by atoms with Crippen LogP contribution in [-0.2, 0) is 9.59 Å². The summed E-state index contributed by atoms with van der Waals surface area (Å²) in [5.74, 6) is 0.0274. The lowest BCUT2D eigenvalue weighted by Gasteiger charge is -2.18. The van der Waals surface area contributed by atoms with E-state index in [1.54, 1.807) is 7.05 Å². The maximum atomic E-state index is 11.4. The molecule has 0 bridgehead atoms. The SMILES string of the molecule is CN(CC=O)C(=O)[C@@H]1CCCN1. The van der Waals surface area contributed by atoms with Crippen molar-refractivity contribution in [2.45, 2.75) is 18.9 Å². The molecule has 1 heterocycles. The minimum Gasteiger partial charge on any atom is -0.337 e. The predicted octanol–water partition coefficient (Wildman–Crippen LogP) is -0.604. The summed E-state index contributed by atoms with van der Waals surface area (Å²) in [4.78, 5) is 23.0. The predicted molar refractivity (Wildman–Crippen MR) is 44.7 cm³/mol. The van der Waals surface area contributed by atoms with Gasteiger partial charge in [-0.1, -0.05) is 0 Å². The molecular formula is C8H14N2O2. The highest BCUT2D eigenvalue weighted by Gasteiger charge is 2.24. The molecule has 1 atom stereocenters. The van der Waals surface area contributed by atoms with E-state index in [-0.39, 0.29) is 18.5 Å². The highest BCUT2D eigenvalue weighted by Crippen LogP contribution is 2.06. The van der Waals surface area contributed by atoms with E-state index in [1.165, 1.54) is 4.90 Å². The first kappa shape index (κ1) is 9.19. The fraction of sp³-hybridized carbons (Fsp3) is 0.750. The van der Waals surface area contributed by atoms with Crippen molar-refractivity contribution < 1.29 is 9.59 Å². The molecule has 12 heavy (non-hydrogen) atoms. The van der Waals surface area contributed by atoms with E-state index < -0.39 is 0 Å². The zero-order valence-corrected chi connectivity index (χ0v) is 7.25. The smallest absolute Gasteiger partial charge is 0.239 e. The maximum absolute atomic E-state index is 11.4. The van der Waals surface area contributed by atoms with Crippen molar-refractivity contribution >= 4 is 12.2 Å². The molecule has 68 valence electrons. The molecular weight excluding hydrogens is 156 g/mol. The summed E-state index contributed by atoms with van der Waals surface area (Å²) >= 11 is 0. The van der Waals surface area contributed by atoms with Gasteiger partial charge in [-0.3, -0.25) is 4.79 Å². The van der Waals surface area contributed by atoms with Crippen LogP contribution in [0.1, 0.15) is 12.8 Å². The highest BCUT2D eigenvalue weighted by molar-refractivity contribution is 5.83. The molecule has 0 aromatic carbocycles. The van der Waals surface area contributed by atoms with E-state index in [0.717, 1.165) is 25.7 Å². The van der Waals surface area contributed by atoms with Crippen molar-refractivity contribution in [2.75, 3.05) is 20.1 Å². The summed E-state index contributed by atoms with van der Waals surface area (Å²) in [6, 6.07) is -0.0602. The van der Waals surface area contributed by atoms with Gasteiger partial charge in [-0.05, 0) is 19.4 Å². The third-order valence-electron chi connectivity index (χ3n) is 2.08. The molecule has 0 saturated carbocycles. The van der Waals surface area contributed by atoms with Crippen LogP contribution in [0.2, 0.25) is 0 Å². The summed E-state index contributed by atoms with van der Waals surface area (Å²) < 4.78 is 0. The van der Waals surface area contributed by atoms with E-state index in [0.29, 0.717) is 0 Å². The van der Waals surface area contributed by atoms with Gasteiger partial charge in [-0.25, -0.2) is 0 Å². The first-order valence-corrected chi connectivity index (χ1v) is 4.17. The molecule has 1 aliphatic rings. The maximum Gasteiger partial charge on any atom is 0.239 e. The molecule has 1 N–H and O–H groups in total. The van der Waals surface area contributed by atoms with Crippen LogP contribution in [-0.4, -0.2) is 43.3 Å². The van der Waals surface area contributed by atoms with E-state index in [9.17, 15) is 9.59 Å². The first-order valence-electron chi connectivity index (χ1n) is 4.17. The zero-order chi connectivity index (χ0) is 8.97. The van der Waals surface area contributed by atoms with Gasteiger partial charge < -0.3 is 15.0 Å². The van der Waals surface area contributed by atoms with Crippen LogP contribution in [0.4, 0.5) is 0 Å². The number of aldehydes is 1. The summed E-state index contributed by atoms with van der Waals surface area (Å²) in [6.07, 6.45) is 2.68. The van der Waals surface area contributed by atoms with Crippen molar-refractivity contribution in [3.05, 3.63) is 0 Å². The number of carbonyl (C=O) groups is 2. The molecule has 0 spiro atoms. The van der Waals surface area contributed by atoms with Gasteiger partial charge in [-0.15, -0.1) is 0 Å². The van der Waals surface area contributed by atoms with Gasteiger partial charge in [0.25, 0.3) is 0 Å². The number of hydrogen-bond acceptors (Lipinski definition) is 3. The Bertz CT molecular complexity index is 176. The molecule has 0 aromatic rings. The van der Waals surface area contributed by atoms with Crippen molar-refractivity contribution in [2.24, 2.45) is 0 Å². The number of carbonyl (C=O) groups excluding carboxylic acids is 2. The number of nitrogens with zero attached hydrogens (tertiary/aromatic N) is 1. The van der Waals surface area contributed by atoms with Crippen molar-refractivity contribution in [1.82, 2.24) is 10.2 Å². The van der Waals surface area contributed by atoms with Crippen LogP contribution in [0, 0.1) is 0 Å². The van der Waals surface area contributed by atoms with Crippen molar-refractivity contribution in [1.29, 1.82) is 0 Å². The van der Waals surface area contributed by atoms with E-state index in [2.05, 4.69) is 5.32 Å². The van der Waals surface area contributed by atoms with Gasteiger partial charge in [0.15, 0.2) is 0 Å². The van der Waals surface area contributed by atoms with E-state index in [4.69, 9.17) is 0 Å². The van der Waals surface area contributed by atoms with Crippen LogP contribution < -0.4 is 5.32 Å². The molecule has 0 aromatic heterocycles. The lowest BCUT2D eigenvalue weighted by atomic mass is 10.2. The Hall–Kier alpha value is -0.900. The fourth-order valence-corrected chi connectivity index (χ4v) is 1.36. The molecule has 1 fully saturated rings. The van der Waals surface area contributed by atoms with Gasteiger partial charge >= 0.3 is 0 Å². The molecule has 1 amide bonds. The van der Waals surface area contributed by atoms with E-state index in [1.807, 2.05) is 0 Å². The van der Waals surface area contributed by atoms with Gasteiger partial charge in [0, 0.05) is 7.05 Å². The molecule has 0 aliphatic carbocycles. The highest BCUT2D eigenvalue weighted by atomic mass is 16.2.